The Balaban J connectivity index is 1.93. The Morgan fingerprint density at radius 1 is 1.09 bits per heavy atom. The van der Waals surface area contributed by atoms with E-state index in [9.17, 15) is 23.1 Å². The molecule has 34 heavy (non-hydrogen) atoms. The minimum Gasteiger partial charge on any atom is -0.480 e. The van der Waals surface area contributed by atoms with E-state index < -0.39 is 22.0 Å². The first-order chi connectivity index (χ1) is 16.1. The van der Waals surface area contributed by atoms with Crippen LogP contribution in [-0.4, -0.2) is 60.4 Å². The van der Waals surface area contributed by atoms with Gasteiger partial charge in [-0.3, -0.25) is 9.59 Å². The number of nitrogens with zero attached hydrogens (tertiary/aromatic N) is 2. The number of carbonyl (C=O) groups excluding carboxylic acids is 1. The molecule has 0 unspecified atom stereocenters. The normalized spacial score (nSPS) is 12.5. The highest BCUT2D eigenvalue weighted by Crippen LogP contribution is 2.23. The number of carboxylic acids is 1. The average molecular weight is 491 g/mol. The summed E-state index contributed by atoms with van der Waals surface area (Å²) in [7, 11) is -3.98. The molecule has 0 spiro atoms. The predicted molar refractivity (Wildman–Crippen MR) is 131 cm³/mol. The largest absolute Gasteiger partial charge is 0.480 e. The van der Waals surface area contributed by atoms with Gasteiger partial charge in [0.2, 0.25) is 15.9 Å². The molecule has 1 aromatic heterocycles. The van der Waals surface area contributed by atoms with Crippen LogP contribution in [0.1, 0.15) is 38.7 Å². The maximum Gasteiger partial charge on any atom is 0.322 e. The van der Waals surface area contributed by atoms with Gasteiger partial charge in [0.15, 0.2) is 0 Å². The third-order valence-electron chi connectivity index (χ3n) is 5.13. The lowest BCUT2D eigenvalue weighted by molar-refractivity contribution is -0.142. The molecule has 3 N–H and O–H groups in total. The van der Waals surface area contributed by atoms with Crippen LogP contribution < -0.4 is 10.6 Å². The summed E-state index contributed by atoms with van der Waals surface area (Å²) >= 11 is 0. The SMILES string of the molecule is Cc1ccc(S(=O)(=O)N(CC(C)C)[C@@H](CCCCNC(=O)CNc2ccccn2)C(=O)O)cc1. The van der Waals surface area contributed by atoms with Crippen molar-refractivity contribution in [3.8, 4) is 0 Å². The van der Waals surface area contributed by atoms with Crippen molar-refractivity contribution < 1.29 is 23.1 Å². The summed E-state index contributed by atoms with van der Waals surface area (Å²) in [5, 5.41) is 15.5. The summed E-state index contributed by atoms with van der Waals surface area (Å²) in [6.07, 6.45) is 2.75. The van der Waals surface area contributed by atoms with Crippen molar-refractivity contribution in [2.45, 2.75) is 51.0 Å². The fourth-order valence-corrected chi connectivity index (χ4v) is 5.16. The second kappa shape index (κ2) is 13.0. The Morgan fingerprint density at radius 2 is 1.79 bits per heavy atom. The molecule has 9 nitrogen and oxygen atoms in total. The van der Waals surface area contributed by atoms with Gasteiger partial charge in [-0.1, -0.05) is 37.6 Å². The average Bonchev–Trinajstić information content (AvgIpc) is 2.79. The van der Waals surface area contributed by atoms with Gasteiger partial charge in [-0.15, -0.1) is 0 Å². The number of carbonyl (C=O) groups is 2. The molecule has 2 rings (SSSR count). The number of hydrogen-bond acceptors (Lipinski definition) is 6. The lowest BCUT2D eigenvalue weighted by Gasteiger charge is -2.29. The summed E-state index contributed by atoms with van der Waals surface area (Å²) in [4.78, 5) is 28.2. The van der Waals surface area contributed by atoms with Crippen LogP contribution in [0.15, 0.2) is 53.6 Å². The van der Waals surface area contributed by atoms with Crippen LogP contribution in [0.25, 0.3) is 0 Å². The number of unbranched alkanes of at least 4 members (excludes halogenated alkanes) is 1. The summed E-state index contributed by atoms with van der Waals surface area (Å²) in [6.45, 7) is 6.10. The molecule has 0 fully saturated rings. The molecule has 0 aliphatic heterocycles. The second-order valence-electron chi connectivity index (χ2n) is 8.55. The second-order valence-corrected chi connectivity index (χ2v) is 10.4. The van der Waals surface area contributed by atoms with Gasteiger partial charge in [0.25, 0.3) is 0 Å². The highest BCUT2D eigenvalue weighted by Gasteiger charge is 2.35. The van der Waals surface area contributed by atoms with E-state index in [4.69, 9.17) is 0 Å². The number of benzene rings is 1. The quantitative estimate of drug-likeness (QED) is 0.347. The zero-order valence-corrected chi connectivity index (χ0v) is 20.7. The molecular weight excluding hydrogens is 456 g/mol. The van der Waals surface area contributed by atoms with Crippen molar-refractivity contribution in [1.82, 2.24) is 14.6 Å². The van der Waals surface area contributed by atoms with Crippen LogP contribution in [-0.2, 0) is 19.6 Å². The van der Waals surface area contributed by atoms with Gasteiger partial charge >= 0.3 is 5.97 Å². The maximum atomic E-state index is 13.3. The number of amides is 1. The molecular formula is C24H34N4O5S. The number of nitrogens with one attached hydrogen (secondary N) is 2. The van der Waals surface area contributed by atoms with Gasteiger partial charge in [-0.05, 0) is 56.4 Å². The molecule has 1 heterocycles. The highest BCUT2D eigenvalue weighted by atomic mass is 32.2. The minimum atomic E-state index is -3.98. The van der Waals surface area contributed by atoms with Crippen molar-refractivity contribution in [2.24, 2.45) is 5.92 Å². The topological polar surface area (TPSA) is 129 Å². The van der Waals surface area contributed by atoms with E-state index in [1.165, 1.54) is 12.1 Å². The molecule has 0 radical (unpaired) electrons. The van der Waals surface area contributed by atoms with Gasteiger partial charge in [-0.25, -0.2) is 13.4 Å². The fraction of sp³-hybridized carbons (Fsp3) is 0.458. The summed E-state index contributed by atoms with van der Waals surface area (Å²) < 4.78 is 27.7. The van der Waals surface area contributed by atoms with Crippen molar-refractivity contribution in [2.75, 3.05) is 25.0 Å². The Labute approximate surface area is 201 Å². The summed E-state index contributed by atoms with van der Waals surface area (Å²) in [5.41, 5.74) is 0.918. The molecule has 0 aliphatic carbocycles. The Kier molecular flexibility index (Phi) is 10.5. The zero-order valence-electron chi connectivity index (χ0n) is 19.9. The zero-order chi connectivity index (χ0) is 25.1. The van der Waals surface area contributed by atoms with Crippen LogP contribution in [0.5, 0.6) is 0 Å². The lowest BCUT2D eigenvalue weighted by atomic mass is 10.1. The molecule has 0 bridgehead atoms. The first-order valence-electron chi connectivity index (χ1n) is 11.3. The van der Waals surface area contributed by atoms with Crippen molar-refractivity contribution in [1.29, 1.82) is 0 Å². The molecule has 2 aromatic rings. The van der Waals surface area contributed by atoms with Gasteiger partial charge < -0.3 is 15.7 Å². The van der Waals surface area contributed by atoms with Crippen LogP contribution in [0.4, 0.5) is 5.82 Å². The third-order valence-corrected chi connectivity index (χ3v) is 7.02. The van der Waals surface area contributed by atoms with Crippen molar-refractivity contribution >= 4 is 27.7 Å². The van der Waals surface area contributed by atoms with E-state index >= 15 is 0 Å². The maximum absolute atomic E-state index is 13.3. The van der Waals surface area contributed by atoms with E-state index in [0.29, 0.717) is 25.2 Å². The van der Waals surface area contributed by atoms with E-state index in [0.717, 1.165) is 9.87 Å². The molecule has 0 aliphatic rings. The summed E-state index contributed by atoms with van der Waals surface area (Å²) in [5.74, 6) is -0.835. The molecule has 10 heteroatoms. The van der Waals surface area contributed by atoms with E-state index in [1.54, 1.807) is 30.5 Å². The standard InChI is InChI=1S/C24H34N4O5S/c1-18(2)17-28(34(32,33)20-12-10-19(3)11-13-20)21(24(30)31)8-4-6-15-26-23(29)16-27-22-9-5-7-14-25-22/h5,7,9-14,18,21H,4,6,8,15-17H2,1-3H3,(H,25,27)(H,26,29)(H,30,31)/t21-/m0/s1. The van der Waals surface area contributed by atoms with Crippen LogP contribution in [0.3, 0.4) is 0 Å². The number of hydrogen-bond donors (Lipinski definition) is 3. The van der Waals surface area contributed by atoms with Gasteiger partial charge in [0, 0.05) is 19.3 Å². The minimum absolute atomic E-state index is 0.0482. The van der Waals surface area contributed by atoms with Crippen molar-refractivity contribution in [3.63, 3.8) is 0 Å². The van der Waals surface area contributed by atoms with E-state index in [1.807, 2.05) is 26.8 Å². The van der Waals surface area contributed by atoms with Crippen LogP contribution >= 0.6 is 0 Å². The Morgan fingerprint density at radius 3 is 2.38 bits per heavy atom. The highest BCUT2D eigenvalue weighted by molar-refractivity contribution is 7.89. The third kappa shape index (κ3) is 8.42. The molecule has 186 valence electrons. The number of carboxylic acid groups (broad SMARTS) is 1. The summed E-state index contributed by atoms with van der Waals surface area (Å²) in [6, 6.07) is 10.6. The molecule has 1 aromatic carbocycles. The molecule has 0 saturated carbocycles. The van der Waals surface area contributed by atoms with Gasteiger partial charge in [-0.2, -0.15) is 4.31 Å². The number of sulfonamides is 1. The Hall–Kier alpha value is -2.98. The number of anilines is 1. The van der Waals surface area contributed by atoms with Crippen LogP contribution in [0.2, 0.25) is 0 Å². The number of pyridine rings is 1. The molecule has 0 saturated heterocycles. The number of aliphatic carboxylic acids is 1. The molecule has 1 atom stereocenters. The number of rotatable bonds is 14. The first-order valence-corrected chi connectivity index (χ1v) is 12.8. The predicted octanol–water partition coefficient (Wildman–Crippen LogP) is 2.89. The Bertz CT molecular complexity index is 1030. The van der Waals surface area contributed by atoms with E-state index in [-0.39, 0.29) is 36.2 Å². The first kappa shape index (κ1) is 27.3. The van der Waals surface area contributed by atoms with Gasteiger partial charge in [0.05, 0.1) is 11.4 Å². The van der Waals surface area contributed by atoms with Crippen molar-refractivity contribution in [3.05, 3.63) is 54.2 Å². The smallest absolute Gasteiger partial charge is 0.322 e. The van der Waals surface area contributed by atoms with E-state index in [2.05, 4.69) is 15.6 Å². The van der Waals surface area contributed by atoms with Gasteiger partial charge in [0.1, 0.15) is 11.9 Å². The number of aryl methyl sites for hydroxylation is 1. The number of aromatic nitrogens is 1. The lowest BCUT2D eigenvalue weighted by Crippen LogP contribution is -2.46. The monoisotopic (exact) mass is 490 g/mol. The fourth-order valence-electron chi connectivity index (χ4n) is 3.38. The van der Waals surface area contributed by atoms with Crippen LogP contribution in [0, 0.1) is 12.8 Å². The molecule has 1 amide bonds.